The Morgan fingerprint density at radius 2 is 1.69 bits per heavy atom. The third kappa shape index (κ3) is 6.14. The van der Waals surface area contributed by atoms with E-state index in [0.29, 0.717) is 21.4 Å². The van der Waals surface area contributed by atoms with Gasteiger partial charge in [0.05, 0.1) is 11.1 Å². The SMILES string of the molecule is CC(=O)c1ccc(/C=C/C=O)cc1.CNc1ccc(-c2nc3ccc(C(F)(F)F)cc3n2O)cc1. The highest BCUT2D eigenvalue weighted by Crippen LogP contribution is 2.32. The molecule has 0 saturated carbocycles. The van der Waals surface area contributed by atoms with Crippen LogP contribution in [0.5, 0.6) is 0 Å². The Morgan fingerprint density at radius 3 is 2.23 bits per heavy atom. The zero-order valence-corrected chi connectivity index (χ0v) is 18.9. The first-order valence-corrected chi connectivity index (χ1v) is 10.4. The number of nitrogens with zero attached hydrogens (tertiary/aromatic N) is 2. The molecule has 0 amide bonds. The summed E-state index contributed by atoms with van der Waals surface area (Å²) in [6.07, 6.45) is -0.633. The van der Waals surface area contributed by atoms with E-state index in [2.05, 4.69) is 10.3 Å². The molecule has 0 fully saturated rings. The molecule has 3 aromatic carbocycles. The molecular weight excluding hydrogens is 459 g/mol. The maximum absolute atomic E-state index is 12.7. The molecular formula is C26H22F3N3O3. The molecule has 0 saturated heterocycles. The zero-order chi connectivity index (χ0) is 25.6. The van der Waals surface area contributed by atoms with Crippen LogP contribution in [-0.2, 0) is 11.0 Å². The molecule has 6 nitrogen and oxygen atoms in total. The maximum Gasteiger partial charge on any atom is 0.416 e. The van der Waals surface area contributed by atoms with Crippen LogP contribution in [0.15, 0.2) is 72.8 Å². The number of halogens is 3. The van der Waals surface area contributed by atoms with Crippen molar-refractivity contribution in [2.24, 2.45) is 0 Å². The molecule has 1 aromatic heterocycles. The molecule has 180 valence electrons. The summed E-state index contributed by atoms with van der Waals surface area (Å²) in [5.41, 5.74) is 2.56. The first-order valence-electron chi connectivity index (χ1n) is 10.4. The van der Waals surface area contributed by atoms with E-state index in [1.807, 2.05) is 0 Å². The normalized spacial score (nSPS) is 11.2. The van der Waals surface area contributed by atoms with Crippen molar-refractivity contribution in [3.05, 3.63) is 89.5 Å². The second-order valence-corrected chi connectivity index (χ2v) is 7.45. The third-order valence-corrected chi connectivity index (χ3v) is 5.07. The van der Waals surface area contributed by atoms with E-state index in [0.717, 1.165) is 29.7 Å². The van der Waals surface area contributed by atoms with Crippen molar-refractivity contribution in [2.75, 3.05) is 12.4 Å². The van der Waals surface area contributed by atoms with Crippen LogP contribution in [0.25, 0.3) is 28.5 Å². The second kappa shape index (κ2) is 10.7. The molecule has 0 aliphatic rings. The van der Waals surface area contributed by atoms with Gasteiger partial charge in [-0.1, -0.05) is 30.3 Å². The van der Waals surface area contributed by atoms with Crippen molar-refractivity contribution in [1.82, 2.24) is 9.71 Å². The number of allylic oxidation sites excluding steroid dienone is 1. The number of alkyl halides is 3. The van der Waals surface area contributed by atoms with E-state index < -0.39 is 11.7 Å². The number of benzene rings is 3. The Morgan fingerprint density at radius 1 is 1.03 bits per heavy atom. The molecule has 0 bridgehead atoms. The summed E-state index contributed by atoms with van der Waals surface area (Å²) in [5, 5.41) is 13.1. The predicted molar refractivity (Wildman–Crippen MR) is 128 cm³/mol. The standard InChI is InChI=1S/C15H12F3N3O.C11H10O2/c1-19-11-5-2-9(3-6-11)14-20-12-7-4-10(15(16,17)18)8-13(12)21(14)22;1-9(13)11-6-4-10(5-7-11)3-2-8-12/h2-8,19,22H,1H3;2-8H,1H3/b;3-2+. The van der Waals surface area contributed by atoms with E-state index in [-0.39, 0.29) is 17.1 Å². The number of ketones is 1. The Bertz CT molecular complexity index is 1360. The van der Waals surface area contributed by atoms with Crippen molar-refractivity contribution < 1.29 is 28.0 Å². The van der Waals surface area contributed by atoms with E-state index in [1.165, 1.54) is 19.1 Å². The number of aldehydes is 1. The van der Waals surface area contributed by atoms with Crippen LogP contribution in [0.4, 0.5) is 18.9 Å². The Hall–Kier alpha value is -4.40. The minimum atomic E-state index is -4.47. The molecule has 0 radical (unpaired) electrons. The van der Waals surface area contributed by atoms with Gasteiger partial charge in [0.25, 0.3) is 0 Å². The van der Waals surface area contributed by atoms with Crippen LogP contribution >= 0.6 is 0 Å². The average Bonchev–Trinajstić information content (AvgIpc) is 3.18. The first-order chi connectivity index (χ1) is 16.6. The monoisotopic (exact) mass is 481 g/mol. The lowest BCUT2D eigenvalue weighted by Crippen LogP contribution is -2.04. The number of Topliss-reactive ketones (excluding diaryl/α,β-unsaturated/α-hetero) is 1. The van der Waals surface area contributed by atoms with E-state index in [4.69, 9.17) is 0 Å². The van der Waals surface area contributed by atoms with Crippen molar-refractivity contribution in [3.8, 4) is 11.4 Å². The molecule has 9 heteroatoms. The van der Waals surface area contributed by atoms with Crippen LogP contribution < -0.4 is 5.32 Å². The summed E-state index contributed by atoms with van der Waals surface area (Å²) in [5.74, 6) is 0.239. The highest BCUT2D eigenvalue weighted by atomic mass is 19.4. The van der Waals surface area contributed by atoms with Crippen LogP contribution in [0.2, 0.25) is 0 Å². The molecule has 0 aliphatic carbocycles. The molecule has 0 aliphatic heterocycles. The van der Waals surface area contributed by atoms with Crippen molar-refractivity contribution in [3.63, 3.8) is 0 Å². The number of imidazole rings is 1. The second-order valence-electron chi connectivity index (χ2n) is 7.45. The minimum Gasteiger partial charge on any atom is -0.426 e. The lowest BCUT2D eigenvalue weighted by Gasteiger charge is -2.06. The first kappa shape index (κ1) is 25.2. The van der Waals surface area contributed by atoms with Gasteiger partial charge in [-0.2, -0.15) is 17.9 Å². The van der Waals surface area contributed by atoms with Gasteiger partial charge in [-0.3, -0.25) is 9.59 Å². The third-order valence-electron chi connectivity index (χ3n) is 5.07. The number of rotatable bonds is 5. The Labute approximate surface area is 199 Å². The Kier molecular flexibility index (Phi) is 7.70. The van der Waals surface area contributed by atoms with Gasteiger partial charge >= 0.3 is 6.18 Å². The fraction of sp³-hybridized carbons (Fsp3) is 0.115. The fourth-order valence-corrected chi connectivity index (χ4v) is 3.19. The number of carbonyl (C=O) groups is 2. The van der Waals surface area contributed by atoms with Crippen LogP contribution in [0, 0.1) is 0 Å². The lowest BCUT2D eigenvalue weighted by atomic mass is 10.1. The highest BCUT2D eigenvalue weighted by Gasteiger charge is 2.31. The van der Waals surface area contributed by atoms with E-state index in [9.17, 15) is 28.0 Å². The van der Waals surface area contributed by atoms with Crippen molar-refractivity contribution in [1.29, 1.82) is 0 Å². The van der Waals surface area contributed by atoms with Gasteiger partial charge in [-0.15, -0.1) is 0 Å². The quantitative estimate of drug-likeness (QED) is 0.156. The molecule has 4 rings (SSSR count). The van der Waals surface area contributed by atoms with Crippen LogP contribution in [0.1, 0.15) is 28.4 Å². The van der Waals surface area contributed by atoms with Gasteiger partial charge in [0.2, 0.25) is 0 Å². The smallest absolute Gasteiger partial charge is 0.416 e. The fourth-order valence-electron chi connectivity index (χ4n) is 3.19. The van der Waals surface area contributed by atoms with Crippen LogP contribution in [0.3, 0.4) is 0 Å². The number of fused-ring (bicyclic) bond motifs is 1. The average molecular weight is 481 g/mol. The summed E-state index contributed by atoms with van der Waals surface area (Å²) >= 11 is 0. The number of aromatic nitrogens is 2. The molecule has 35 heavy (non-hydrogen) atoms. The summed E-state index contributed by atoms with van der Waals surface area (Å²) in [6, 6.07) is 17.2. The van der Waals surface area contributed by atoms with Gasteiger partial charge in [0, 0.05) is 23.9 Å². The summed E-state index contributed by atoms with van der Waals surface area (Å²) < 4.78 is 38.9. The van der Waals surface area contributed by atoms with Gasteiger partial charge in [-0.25, -0.2) is 4.98 Å². The van der Waals surface area contributed by atoms with Crippen molar-refractivity contribution >= 4 is 34.9 Å². The summed E-state index contributed by atoms with van der Waals surface area (Å²) in [6.45, 7) is 1.52. The highest BCUT2D eigenvalue weighted by molar-refractivity contribution is 5.94. The van der Waals surface area contributed by atoms with E-state index in [1.54, 1.807) is 61.7 Å². The molecule has 0 spiro atoms. The van der Waals surface area contributed by atoms with Crippen LogP contribution in [-0.4, -0.2) is 34.0 Å². The number of nitrogens with one attached hydrogen (secondary N) is 1. The zero-order valence-electron chi connectivity index (χ0n) is 18.9. The van der Waals surface area contributed by atoms with Gasteiger partial charge in [-0.05, 0) is 61.0 Å². The summed E-state index contributed by atoms with van der Waals surface area (Å²) in [4.78, 5) is 25.1. The lowest BCUT2D eigenvalue weighted by molar-refractivity contribution is -0.137. The topological polar surface area (TPSA) is 84.2 Å². The summed E-state index contributed by atoms with van der Waals surface area (Å²) in [7, 11) is 1.77. The van der Waals surface area contributed by atoms with Gasteiger partial charge < -0.3 is 10.5 Å². The maximum atomic E-state index is 12.7. The predicted octanol–water partition coefficient (Wildman–Crippen LogP) is 6.10. The number of hydrogen-bond donors (Lipinski definition) is 2. The Balaban J connectivity index is 0.000000225. The molecule has 1 heterocycles. The van der Waals surface area contributed by atoms with Gasteiger partial charge in [0.15, 0.2) is 11.6 Å². The molecule has 2 N–H and O–H groups in total. The minimum absolute atomic E-state index is 0.0162. The number of anilines is 1. The molecule has 0 atom stereocenters. The number of hydrogen-bond acceptors (Lipinski definition) is 5. The van der Waals surface area contributed by atoms with E-state index >= 15 is 0 Å². The molecule has 0 unspecified atom stereocenters. The molecule has 4 aromatic rings. The van der Waals surface area contributed by atoms with Crippen molar-refractivity contribution in [2.45, 2.75) is 13.1 Å². The van der Waals surface area contributed by atoms with Gasteiger partial charge in [0.1, 0.15) is 11.8 Å². The number of carbonyl (C=O) groups excluding carboxylic acids is 2. The largest absolute Gasteiger partial charge is 0.426 e.